The average molecular weight is 404 g/mol. The van der Waals surface area contributed by atoms with Crippen LogP contribution in [-0.4, -0.2) is 88.2 Å². The molecule has 0 aromatic heterocycles. The summed E-state index contributed by atoms with van der Waals surface area (Å²) in [4.78, 5) is 23.2. The number of ether oxygens (including phenoxy) is 4. The first-order valence-electron chi connectivity index (χ1n) is 8.52. The van der Waals surface area contributed by atoms with Crippen molar-refractivity contribution < 1.29 is 54.1 Å². The van der Waals surface area contributed by atoms with Gasteiger partial charge in [-0.05, 0) is 6.92 Å². The zero-order valence-corrected chi connectivity index (χ0v) is 15.3. The third kappa shape index (κ3) is 4.51. The van der Waals surface area contributed by atoms with Crippen LogP contribution in [0.25, 0.3) is 0 Å². The lowest BCUT2D eigenvalue weighted by atomic mass is 9.86. The molecule has 158 valence electrons. The molecule has 1 fully saturated rings. The third-order valence-electron chi connectivity index (χ3n) is 4.65. The molecule has 2 unspecified atom stereocenters. The molecule has 2 heterocycles. The van der Waals surface area contributed by atoms with Crippen molar-refractivity contribution in [1.82, 2.24) is 0 Å². The Labute approximate surface area is 160 Å². The average Bonchev–Trinajstić information content (AvgIpc) is 2.68. The zero-order chi connectivity index (χ0) is 21.0. The number of carbonyl (C=O) groups is 2. The fraction of sp³-hybridized carbons (Fsp3) is 0.647. The van der Waals surface area contributed by atoms with Crippen LogP contribution >= 0.6 is 0 Å². The third-order valence-corrected chi connectivity index (χ3v) is 4.65. The Morgan fingerprint density at radius 2 is 1.89 bits per heavy atom. The van der Waals surface area contributed by atoms with Gasteiger partial charge >= 0.3 is 11.9 Å². The molecule has 2 aliphatic heterocycles. The number of hydrogen-bond donors (Lipinski definition) is 5. The molecule has 7 atom stereocenters. The maximum Gasteiger partial charge on any atom is 0.335 e. The molecule has 5 N–H and O–H groups in total. The molecule has 1 saturated heterocycles. The number of esters is 1. The van der Waals surface area contributed by atoms with Crippen LogP contribution in [-0.2, 0) is 28.5 Å². The van der Waals surface area contributed by atoms with Gasteiger partial charge in [-0.15, -0.1) is 0 Å². The molecule has 0 aromatic carbocycles. The Kier molecular flexibility index (Phi) is 7.52. The fourth-order valence-electron chi connectivity index (χ4n) is 3.07. The van der Waals surface area contributed by atoms with Crippen molar-refractivity contribution in [2.75, 3.05) is 13.7 Å². The molecular weight excluding hydrogens is 380 g/mol. The van der Waals surface area contributed by atoms with Crippen molar-refractivity contribution in [3.05, 3.63) is 23.5 Å². The molecule has 2 rings (SSSR count). The van der Waals surface area contributed by atoms with Crippen LogP contribution in [0, 0.1) is 5.92 Å². The van der Waals surface area contributed by atoms with Gasteiger partial charge in [0.2, 0.25) is 6.29 Å². The van der Waals surface area contributed by atoms with E-state index in [0.29, 0.717) is 0 Å². The molecule has 2 aliphatic rings. The lowest BCUT2D eigenvalue weighted by molar-refractivity contribution is -0.327. The van der Waals surface area contributed by atoms with Crippen molar-refractivity contribution in [1.29, 1.82) is 0 Å². The number of aliphatic hydroxyl groups excluding tert-OH is 4. The summed E-state index contributed by atoms with van der Waals surface area (Å²) in [7, 11) is 1.17. The van der Waals surface area contributed by atoms with E-state index in [9.17, 15) is 35.1 Å². The Balaban J connectivity index is 2.25. The minimum atomic E-state index is -1.66. The van der Waals surface area contributed by atoms with E-state index >= 15 is 0 Å². The van der Waals surface area contributed by atoms with Crippen LogP contribution in [0.15, 0.2) is 23.5 Å². The Bertz CT molecular complexity index is 641. The van der Waals surface area contributed by atoms with Gasteiger partial charge in [0.15, 0.2) is 6.29 Å². The van der Waals surface area contributed by atoms with E-state index in [2.05, 4.69) is 4.74 Å². The first-order valence-corrected chi connectivity index (χ1v) is 8.52. The first-order chi connectivity index (χ1) is 13.2. The molecule has 0 radical (unpaired) electrons. The highest BCUT2D eigenvalue weighted by Gasteiger charge is 2.46. The van der Waals surface area contributed by atoms with Crippen molar-refractivity contribution in [3.63, 3.8) is 0 Å². The Morgan fingerprint density at radius 1 is 1.21 bits per heavy atom. The summed E-state index contributed by atoms with van der Waals surface area (Å²) < 4.78 is 20.7. The number of rotatable bonds is 6. The maximum absolute atomic E-state index is 11.7. The maximum atomic E-state index is 11.7. The van der Waals surface area contributed by atoms with Crippen LogP contribution in [0.5, 0.6) is 0 Å². The second-order valence-electron chi connectivity index (χ2n) is 6.30. The van der Waals surface area contributed by atoms with E-state index in [1.165, 1.54) is 13.2 Å². The van der Waals surface area contributed by atoms with Gasteiger partial charge in [0.05, 0.1) is 32.0 Å². The van der Waals surface area contributed by atoms with Crippen molar-refractivity contribution in [2.45, 2.75) is 50.3 Å². The smallest absolute Gasteiger partial charge is 0.335 e. The highest BCUT2D eigenvalue weighted by atomic mass is 16.8. The standard InChI is InChI=1S/C17H24O11/c1-3-7-8(4-11(19)25-2)9(15(23)24)6-26-16(7)28-17-14(22)13(21)12(20)10(5-18)27-17/h3,6,8,10,12-14,16-18,20-22H,4-5H2,1-2H3,(H,23,24)/b7-3-/t8?,10-,12-,13+,14-,16+,17?/m1/s1. The van der Waals surface area contributed by atoms with Gasteiger partial charge in [-0.25, -0.2) is 4.79 Å². The highest BCUT2D eigenvalue weighted by Crippen LogP contribution is 2.35. The predicted molar refractivity (Wildman–Crippen MR) is 89.3 cm³/mol. The summed E-state index contributed by atoms with van der Waals surface area (Å²) in [5.74, 6) is -2.86. The number of carbonyl (C=O) groups excluding carboxylic acids is 1. The SMILES string of the molecule is C/C=C1/C(CC(=O)OC)C(C(=O)O)=CO[C@H]1OC1O[C@H](CO)[C@@H](O)[C@H](O)[C@H]1O. The van der Waals surface area contributed by atoms with Gasteiger partial charge in [0.25, 0.3) is 0 Å². The van der Waals surface area contributed by atoms with Gasteiger partial charge in [-0.1, -0.05) is 6.08 Å². The number of hydrogen-bond acceptors (Lipinski definition) is 10. The number of aliphatic hydroxyl groups is 4. The molecule has 11 heteroatoms. The lowest BCUT2D eigenvalue weighted by Crippen LogP contribution is -2.60. The van der Waals surface area contributed by atoms with Crippen molar-refractivity contribution >= 4 is 11.9 Å². The van der Waals surface area contributed by atoms with E-state index in [1.807, 2.05) is 0 Å². The van der Waals surface area contributed by atoms with Crippen LogP contribution < -0.4 is 0 Å². The van der Waals surface area contributed by atoms with Gasteiger partial charge in [-0.2, -0.15) is 0 Å². The number of allylic oxidation sites excluding steroid dienone is 1. The second-order valence-corrected chi connectivity index (χ2v) is 6.30. The van der Waals surface area contributed by atoms with Crippen LogP contribution in [0.4, 0.5) is 0 Å². The molecular formula is C17H24O11. The minimum absolute atomic E-state index is 0.188. The van der Waals surface area contributed by atoms with E-state index in [-0.39, 0.29) is 17.6 Å². The number of carboxylic acid groups (broad SMARTS) is 1. The van der Waals surface area contributed by atoms with Gasteiger partial charge < -0.3 is 44.5 Å². The number of carboxylic acids is 1. The quantitative estimate of drug-likeness (QED) is 0.251. The van der Waals surface area contributed by atoms with Crippen LogP contribution in [0.3, 0.4) is 0 Å². The van der Waals surface area contributed by atoms with E-state index < -0.39 is 61.5 Å². The number of aliphatic carboxylic acids is 1. The lowest BCUT2D eigenvalue weighted by Gasteiger charge is -2.41. The summed E-state index contributed by atoms with van der Waals surface area (Å²) >= 11 is 0. The molecule has 11 nitrogen and oxygen atoms in total. The van der Waals surface area contributed by atoms with Gasteiger partial charge in [0.1, 0.15) is 24.4 Å². The largest absolute Gasteiger partial charge is 0.478 e. The summed E-state index contributed by atoms with van der Waals surface area (Å²) in [5, 5.41) is 48.4. The molecule has 0 spiro atoms. The Hall–Kier alpha value is -2.02. The van der Waals surface area contributed by atoms with Crippen LogP contribution in [0.2, 0.25) is 0 Å². The predicted octanol–water partition coefficient (Wildman–Crippen LogP) is -1.75. The molecule has 0 aromatic rings. The normalized spacial score (nSPS) is 37.1. The number of methoxy groups -OCH3 is 1. The van der Waals surface area contributed by atoms with E-state index in [0.717, 1.165) is 6.26 Å². The van der Waals surface area contributed by atoms with Crippen molar-refractivity contribution in [2.24, 2.45) is 5.92 Å². The second kappa shape index (κ2) is 9.45. The van der Waals surface area contributed by atoms with Gasteiger partial charge in [-0.3, -0.25) is 4.79 Å². The minimum Gasteiger partial charge on any atom is -0.478 e. The van der Waals surface area contributed by atoms with E-state index in [4.69, 9.17) is 14.2 Å². The summed E-state index contributed by atoms with van der Waals surface area (Å²) in [6.45, 7) is 0.943. The van der Waals surface area contributed by atoms with E-state index in [1.54, 1.807) is 6.92 Å². The monoisotopic (exact) mass is 404 g/mol. The fourth-order valence-corrected chi connectivity index (χ4v) is 3.07. The zero-order valence-electron chi connectivity index (χ0n) is 15.3. The molecule has 0 saturated carbocycles. The molecule has 0 bridgehead atoms. The van der Waals surface area contributed by atoms with Crippen molar-refractivity contribution in [3.8, 4) is 0 Å². The summed E-state index contributed by atoms with van der Waals surface area (Å²) in [6.07, 6.45) is -6.65. The molecule has 28 heavy (non-hydrogen) atoms. The highest BCUT2D eigenvalue weighted by molar-refractivity contribution is 5.89. The molecule has 0 amide bonds. The summed E-state index contributed by atoms with van der Waals surface area (Å²) in [5.41, 5.74) is 0.0782. The molecule has 0 aliphatic carbocycles. The first kappa shape index (κ1) is 22.3. The van der Waals surface area contributed by atoms with Gasteiger partial charge in [0, 0.05) is 11.5 Å². The van der Waals surface area contributed by atoms with Crippen LogP contribution in [0.1, 0.15) is 13.3 Å². The Morgan fingerprint density at radius 3 is 2.43 bits per heavy atom. The topological polar surface area (TPSA) is 172 Å². The summed E-state index contributed by atoms with van der Waals surface area (Å²) in [6, 6.07) is 0.